The van der Waals surface area contributed by atoms with E-state index in [0.29, 0.717) is 17.4 Å². The predicted octanol–water partition coefficient (Wildman–Crippen LogP) is 4.13. The van der Waals surface area contributed by atoms with Crippen molar-refractivity contribution >= 4 is 44.1 Å². The third-order valence-corrected chi connectivity index (χ3v) is 4.23. The summed E-state index contributed by atoms with van der Waals surface area (Å²) >= 11 is 4.89. The molecule has 0 amide bonds. The van der Waals surface area contributed by atoms with Crippen LogP contribution in [-0.4, -0.2) is 17.6 Å². The molecule has 0 aliphatic carbocycles. The number of anilines is 2. The topological polar surface area (TPSA) is 51.2 Å². The lowest BCUT2D eigenvalue weighted by Crippen LogP contribution is -2.05. The van der Waals surface area contributed by atoms with Crippen LogP contribution < -0.4 is 5.32 Å². The number of carbonyl (C=O) groups excluding carboxylic acids is 1. The maximum atomic E-state index is 11.5. The van der Waals surface area contributed by atoms with Gasteiger partial charge in [0.15, 0.2) is 10.8 Å². The number of aromatic nitrogens is 1. The fraction of sp³-hybridized carbons (Fsp3) is 0.231. The highest BCUT2D eigenvalue weighted by molar-refractivity contribution is 9.10. The standard InChI is InChI=1S/C13H13BrN2O2S/c1-3-18-12(17)10-7-19-13(16-10)15-9-6-4-5-8(2)11(9)14/h4-7H,3H2,1-2H3,(H,15,16). The van der Waals surface area contributed by atoms with Crippen molar-refractivity contribution in [3.05, 3.63) is 39.3 Å². The molecular weight excluding hydrogens is 328 g/mol. The molecule has 4 nitrogen and oxygen atoms in total. The number of halogens is 1. The molecule has 6 heteroatoms. The minimum atomic E-state index is -0.393. The second-order valence-electron chi connectivity index (χ2n) is 3.82. The Hall–Kier alpha value is -1.40. The summed E-state index contributed by atoms with van der Waals surface area (Å²) in [7, 11) is 0. The van der Waals surface area contributed by atoms with Gasteiger partial charge in [-0.1, -0.05) is 12.1 Å². The van der Waals surface area contributed by atoms with E-state index >= 15 is 0 Å². The van der Waals surface area contributed by atoms with E-state index in [0.717, 1.165) is 15.7 Å². The van der Waals surface area contributed by atoms with E-state index < -0.39 is 5.97 Å². The number of esters is 1. The second kappa shape index (κ2) is 6.16. The van der Waals surface area contributed by atoms with Gasteiger partial charge in [-0.15, -0.1) is 11.3 Å². The van der Waals surface area contributed by atoms with Crippen molar-refractivity contribution in [3.63, 3.8) is 0 Å². The van der Waals surface area contributed by atoms with Crippen LogP contribution in [0.3, 0.4) is 0 Å². The molecule has 0 radical (unpaired) electrons. The molecule has 19 heavy (non-hydrogen) atoms. The summed E-state index contributed by atoms with van der Waals surface area (Å²) in [4.78, 5) is 15.7. The zero-order valence-electron chi connectivity index (χ0n) is 10.6. The summed E-state index contributed by atoms with van der Waals surface area (Å²) < 4.78 is 5.89. The first-order valence-corrected chi connectivity index (χ1v) is 7.44. The number of aryl methyl sites for hydroxylation is 1. The molecule has 0 atom stereocenters. The van der Waals surface area contributed by atoms with Crippen LogP contribution in [0.4, 0.5) is 10.8 Å². The number of hydrogen-bond donors (Lipinski definition) is 1. The molecule has 0 saturated carbocycles. The van der Waals surface area contributed by atoms with Crippen LogP contribution >= 0.6 is 27.3 Å². The van der Waals surface area contributed by atoms with Crippen LogP contribution in [0.15, 0.2) is 28.1 Å². The van der Waals surface area contributed by atoms with Crippen molar-refractivity contribution < 1.29 is 9.53 Å². The third-order valence-electron chi connectivity index (χ3n) is 2.42. The molecule has 0 bridgehead atoms. The highest BCUT2D eigenvalue weighted by Gasteiger charge is 2.12. The molecule has 0 spiro atoms. The van der Waals surface area contributed by atoms with Crippen molar-refractivity contribution in [2.75, 3.05) is 11.9 Å². The van der Waals surface area contributed by atoms with Crippen molar-refractivity contribution in [2.45, 2.75) is 13.8 Å². The Morgan fingerprint density at radius 3 is 3.05 bits per heavy atom. The predicted molar refractivity (Wildman–Crippen MR) is 80.2 cm³/mol. The molecule has 1 heterocycles. The van der Waals surface area contributed by atoms with Crippen molar-refractivity contribution in [2.24, 2.45) is 0 Å². The number of ether oxygens (including phenoxy) is 1. The maximum Gasteiger partial charge on any atom is 0.357 e. The van der Waals surface area contributed by atoms with Gasteiger partial charge < -0.3 is 10.1 Å². The highest BCUT2D eigenvalue weighted by Crippen LogP contribution is 2.29. The minimum absolute atomic E-state index is 0.332. The Labute approximate surface area is 124 Å². The summed E-state index contributed by atoms with van der Waals surface area (Å²) in [5.74, 6) is -0.393. The van der Waals surface area contributed by atoms with E-state index in [1.54, 1.807) is 12.3 Å². The SMILES string of the molecule is CCOC(=O)c1csc(Nc2cccc(C)c2Br)n1. The summed E-state index contributed by atoms with van der Waals surface area (Å²) in [6.07, 6.45) is 0. The van der Waals surface area contributed by atoms with Gasteiger partial charge in [-0.3, -0.25) is 0 Å². The average Bonchev–Trinajstić information content (AvgIpc) is 2.84. The molecule has 0 aliphatic rings. The van der Waals surface area contributed by atoms with Crippen LogP contribution in [0.1, 0.15) is 23.0 Å². The Bertz CT molecular complexity index is 598. The summed E-state index contributed by atoms with van der Waals surface area (Å²) in [6.45, 7) is 4.14. The molecule has 2 rings (SSSR count). The first-order valence-electron chi connectivity index (χ1n) is 5.76. The van der Waals surface area contributed by atoms with Crippen LogP contribution in [0.2, 0.25) is 0 Å². The molecule has 1 aromatic carbocycles. The van der Waals surface area contributed by atoms with Crippen molar-refractivity contribution in [3.8, 4) is 0 Å². The average molecular weight is 341 g/mol. The van der Waals surface area contributed by atoms with E-state index in [9.17, 15) is 4.79 Å². The highest BCUT2D eigenvalue weighted by atomic mass is 79.9. The van der Waals surface area contributed by atoms with Gasteiger partial charge in [0, 0.05) is 9.85 Å². The van der Waals surface area contributed by atoms with E-state index in [1.807, 2.05) is 25.1 Å². The summed E-state index contributed by atoms with van der Waals surface area (Å²) in [6, 6.07) is 5.92. The molecule has 0 saturated heterocycles. The zero-order chi connectivity index (χ0) is 13.8. The first-order chi connectivity index (χ1) is 9.11. The molecule has 100 valence electrons. The molecular formula is C13H13BrN2O2S. The van der Waals surface area contributed by atoms with E-state index in [2.05, 4.69) is 26.2 Å². The maximum absolute atomic E-state index is 11.5. The number of nitrogens with one attached hydrogen (secondary N) is 1. The van der Waals surface area contributed by atoms with E-state index in [4.69, 9.17) is 4.74 Å². The first kappa shape index (κ1) is 14.0. The Kier molecular flexibility index (Phi) is 4.55. The molecule has 0 unspecified atom stereocenters. The molecule has 0 fully saturated rings. The van der Waals surface area contributed by atoms with Gasteiger partial charge in [0.2, 0.25) is 0 Å². The zero-order valence-corrected chi connectivity index (χ0v) is 13.0. The second-order valence-corrected chi connectivity index (χ2v) is 5.47. The Morgan fingerprint density at radius 2 is 2.32 bits per heavy atom. The number of nitrogens with zero attached hydrogens (tertiary/aromatic N) is 1. The van der Waals surface area contributed by atoms with Crippen molar-refractivity contribution in [1.29, 1.82) is 0 Å². The van der Waals surface area contributed by atoms with Crippen LogP contribution in [0, 0.1) is 6.92 Å². The summed E-state index contributed by atoms with van der Waals surface area (Å²) in [5, 5.41) is 5.53. The normalized spacial score (nSPS) is 10.3. The number of benzene rings is 1. The molecule has 2 aromatic rings. The largest absolute Gasteiger partial charge is 0.461 e. The Balaban J connectivity index is 2.16. The lowest BCUT2D eigenvalue weighted by atomic mass is 10.2. The monoisotopic (exact) mass is 340 g/mol. The quantitative estimate of drug-likeness (QED) is 0.850. The van der Waals surface area contributed by atoms with Crippen LogP contribution in [0.25, 0.3) is 0 Å². The lowest BCUT2D eigenvalue weighted by molar-refractivity contribution is 0.0520. The fourth-order valence-electron chi connectivity index (χ4n) is 1.49. The number of hydrogen-bond acceptors (Lipinski definition) is 5. The number of thiazole rings is 1. The van der Waals surface area contributed by atoms with Gasteiger partial charge >= 0.3 is 5.97 Å². The molecule has 0 aliphatic heterocycles. The minimum Gasteiger partial charge on any atom is -0.461 e. The smallest absolute Gasteiger partial charge is 0.357 e. The number of carbonyl (C=O) groups is 1. The van der Waals surface area contributed by atoms with Crippen LogP contribution in [-0.2, 0) is 4.74 Å². The van der Waals surface area contributed by atoms with Gasteiger partial charge in [0.25, 0.3) is 0 Å². The van der Waals surface area contributed by atoms with Gasteiger partial charge in [0.1, 0.15) is 0 Å². The van der Waals surface area contributed by atoms with E-state index in [1.165, 1.54) is 11.3 Å². The van der Waals surface area contributed by atoms with Gasteiger partial charge in [-0.2, -0.15) is 0 Å². The van der Waals surface area contributed by atoms with Crippen LogP contribution in [0.5, 0.6) is 0 Å². The van der Waals surface area contributed by atoms with E-state index in [-0.39, 0.29) is 0 Å². The Morgan fingerprint density at radius 1 is 1.53 bits per heavy atom. The lowest BCUT2D eigenvalue weighted by Gasteiger charge is -2.07. The molecule has 1 aromatic heterocycles. The fourth-order valence-corrected chi connectivity index (χ4v) is 2.54. The van der Waals surface area contributed by atoms with Gasteiger partial charge in [-0.05, 0) is 41.4 Å². The number of rotatable bonds is 4. The van der Waals surface area contributed by atoms with Crippen molar-refractivity contribution in [1.82, 2.24) is 4.98 Å². The van der Waals surface area contributed by atoms with Gasteiger partial charge in [0.05, 0.1) is 12.3 Å². The summed E-state index contributed by atoms with van der Waals surface area (Å²) in [5.41, 5.74) is 2.38. The van der Waals surface area contributed by atoms with Gasteiger partial charge in [-0.25, -0.2) is 9.78 Å². The third kappa shape index (κ3) is 3.33. The molecule has 1 N–H and O–H groups in total.